The first-order valence-electron chi connectivity index (χ1n) is 9.53. The zero-order chi connectivity index (χ0) is 17.1. The van der Waals surface area contributed by atoms with E-state index in [9.17, 15) is 4.79 Å². The van der Waals surface area contributed by atoms with E-state index in [0.717, 1.165) is 24.2 Å². The minimum atomic E-state index is 0.0201. The minimum Gasteiger partial charge on any atom is -0.321 e. The van der Waals surface area contributed by atoms with Gasteiger partial charge < -0.3 is 5.32 Å². The van der Waals surface area contributed by atoms with Gasteiger partial charge in [0.2, 0.25) is 0 Å². The number of anilines is 1. The molecule has 2 aliphatic rings. The molecule has 1 amide bonds. The summed E-state index contributed by atoms with van der Waals surface area (Å²) >= 11 is 1.94. The summed E-state index contributed by atoms with van der Waals surface area (Å²) < 4.78 is 0. The zero-order valence-corrected chi connectivity index (χ0v) is 15.5. The van der Waals surface area contributed by atoms with Gasteiger partial charge in [0.1, 0.15) is 0 Å². The Balaban J connectivity index is 1.60. The van der Waals surface area contributed by atoms with Gasteiger partial charge in [-0.2, -0.15) is 0 Å². The first-order valence-corrected chi connectivity index (χ1v) is 10.3. The molecule has 2 aromatic rings. The molecule has 25 heavy (non-hydrogen) atoms. The van der Waals surface area contributed by atoms with Crippen LogP contribution in [0.3, 0.4) is 0 Å². The summed E-state index contributed by atoms with van der Waals surface area (Å²) in [6, 6.07) is 9.57. The first-order chi connectivity index (χ1) is 12.3. The monoisotopic (exact) mass is 354 g/mol. The number of carbonyl (C=O) groups is 1. The number of benzene rings is 1. The third-order valence-corrected chi connectivity index (χ3v) is 6.61. The zero-order valence-electron chi connectivity index (χ0n) is 14.7. The van der Waals surface area contributed by atoms with Crippen molar-refractivity contribution in [2.45, 2.75) is 51.5 Å². The summed E-state index contributed by atoms with van der Waals surface area (Å²) in [7, 11) is 0. The number of nitrogens with one attached hydrogen (secondary N) is 1. The Morgan fingerprint density at radius 1 is 1.00 bits per heavy atom. The maximum Gasteiger partial charge on any atom is 0.255 e. The highest BCUT2D eigenvalue weighted by Crippen LogP contribution is 2.39. The third-order valence-electron chi connectivity index (χ3n) is 5.33. The van der Waals surface area contributed by atoms with E-state index in [4.69, 9.17) is 0 Å². The summed E-state index contributed by atoms with van der Waals surface area (Å²) in [5.41, 5.74) is 3.27. The van der Waals surface area contributed by atoms with Crippen molar-refractivity contribution in [3.63, 3.8) is 0 Å². The van der Waals surface area contributed by atoms with Crippen molar-refractivity contribution in [3.05, 3.63) is 51.2 Å². The Morgan fingerprint density at radius 3 is 2.56 bits per heavy atom. The van der Waals surface area contributed by atoms with E-state index in [2.05, 4.69) is 10.2 Å². The molecule has 2 heterocycles. The highest BCUT2D eigenvalue weighted by molar-refractivity contribution is 7.12. The van der Waals surface area contributed by atoms with Gasteiger partial charge in [-0.25, -0.2) is 0 Å². The number of carbonyl (C=O) groups excluding carboxylic acids is 1. The summed E-state index contributed by atoms with van der Waals surface area (Å²) in [5, 5.41) is 3.27. The lowest BCUT2D eigenvalue weighted by Crippen LogP contribution is -2.29. The molecule has 132 valence electrons. The fraction of sp³-hybridized carbons (Fsp3) is 0.476. The van der Waals surface area contributed by atoms with Gasteiger partial charge in [-0.3, -0.25) is 9.69 Å². The molecule has 0 bridgehead atoms. The van der Waals surface area contributed by atoms with E-state index >= 15 is 0 Å². The van der Waals surface area contributed by atoms with Gasteiger partial charge in [0, 0.05) is 21.9 Å². The molecule has 3 nitrogen and oxygen atoms in total. The second-order valence-electron chi connectivity index (χ2n) is 7.17. The third kappa shape index (κ3) is 3.80. The number of aryl methyl sites for hydroxylation is 1. The SMILES string of the molecule is O=C(Nc1c(CN2CCCCC2)sc2c1CCCC2)c1ccccc1. The van der Waals surface area contributed by atoms with Crippen molar-refractivity contribution in [1.82, 2.24) is 4.90 Å². The van der Waals surface area contributed by atoms with Gasteiger partial charge in [-0.15, -0.1) is 11.3 Å². The van der Waals surface area contributed by atoms with Crippen LogP contribution >= 0.6 is 11.3 Å². The molecule has 1 aliphatic carbocycles. The van der Waals surface area contributed by atoms with Crippen LogP contribution in [0, 0.1) is 0 Å². The maximum atomic E-state index is 12.7. The van der Waals surface area contributed by atoms with Gasteiger partial charge in [0.15, 0.2) is 0 Å². The summed E-state index contributed by atoms with van der Waals surface area (Å²) in [5.74, 6) is 0.0201. The normalized spacial score (nSPS) is 17.9. The number of hydrogen-bond donors (Lipinski definition) is 1. The van der Waals surface area contributed by atoms with Crippen molar-refractivity contribution in [2.75, 3.05) is 18.4 Å². The molecule has 0 spiro atoms. The van der Waals surface area contributed by atoms with Crippen LogP contribution in [0.1, 0.15) is 57.8 Å². The topological polar surface area (TPSA) is 32.3 Å². The van der Waals surface area contributed by atoms with Crippen LogP contribution in [0.2, 0.25) is 0 Å². The molecule has 0 radical (unpaired) electrons. The Morgan fingerprint density at radius 2 is 1.76 bits per heavy atom. The van der Waals surface area contributed by atoms with E-state index in [1.54, 1.807) is 0 Å². The van der Waals surface area contributed by atoms with Crippen LogP contribution in [-0.2, 0) is 19.4 Å². The molecular formula is C21H26N2OS. The molecule has 1 aromatic carbocycles. The van der Waals surface area contributed by atoms with E-state index in [1.165, 1.54) is 66.9 Å². The maximum absolute atomic E-state index is 12.7. The highest BCUT2D eigenvalue weighted by atomic mass is 32.1. The van der Waals surface area contributed by atoms with Gasteiger partial charge in [0.05, 0.1) is 5.69 Å². The summed E-state index contributed by atoms with van der Waals surface area (Å²) in [4.78, 5) is 18.1. The number of likely N-dealkylation sites (tertiary alicyclic amines) is 1. The highest BCUT2D eigenvalue weighted by Gasteiger charge is 2.24. The Bertz CT molecular complexity index is 732. The van der Waals surface area contributed by atoms with Gasteiger partial charge in [-0.05, 0) is 69.3 Å². The fourth-order valence-corrected chi connectivity index (χ4v) is 5.37. The molecule has 0 saturated carbocycles. The van der Waals surface area contributed by atoms with Crippen LogP contribution in [0.5, 0.6) is 0 Å². The predicted molar refractivity (Wildman–Crippen MR) is 104 cm³/mol. The summed E-state index contributed by atoms with van der Waals surface area (Å²) in [6.07, 6.45) is 8.76. The van der Waals surface area contributed by atoms with E-state index in [-0.39, 0.29) is 5.91 Å². The molecule has 0 unspecified atom stereocenters. The lowest BCUT2D eigenvalue weighted by molar-refractivity contribution is 0.102. The molecule has 4 heteroatoms. The second-order valence-corrected chi connectivity index (χ2v) is 8.36. The van der Waals surface area contributed by atoms with Gasteiger partial charge >= 0.3 is 0 Å². The van der Waals surface area contributed by atoms with Crippen molar-refractivity contribution < 1.29 is 4.79 Å². The molecule has 0 atom stereocenters. The molecule has 1 N–H and O–H groups in total. The Labute approximate surface area is 154 Å². The van der Waals surface area contributed by atoms with E-state index in [1.807, 2.05) is 41.7 Å². The van der Waals surface area contributed by atoms with Crippen LogP contribution in [-0.4, -0.2) is 23.9 Å². The van der Waals surface area contributed by atoms with Crippen LogP contribution in [0.4, 0.5) is 5.69 Å². The second kappa shape index (κ2) is 7.71. The van der Waals surface area contributed by atoms with Crippen LogP contribution < -0.4 is 5.32 Å². The molecular weight excluding hydrogens is 328 g/mol. The minimum absolute atomic E-state index is 0.0201. The number of rotatable bonds is 4. The fourth-order valence-electron chi connectivity index (χ4n) is 3.98. The predicted octanol–water partition coefficient (Wildman–Crippen LogP) is 4.87. The van der Waals surface area contributed by atoms with Gasteiger partial charge in [-0.1, -0.05) is 24.6 Å². The number of nitrogens with zero attached hydrogens (tertiary/aromatic N) is 1. The number of piperidine rings is 1. The molecule has 1 saturated heterocycles. The largest absolute Gasteiger partial charge is 0.321 e. The molecule has 4 rings (SSSR count). The average molecular weight is 355 g/mol. The van der Waals surface area contributed by atoms with Crippen molar-refractivity contribution in [2.24, 2.45) is 0 Å². The average Bonchev–Trinajstić information content (AvgIpc) is 3.00. The molecule has 1 aliphatic heterocycles. The van der Waals surface area contributed by atoms with E-state index in [0.29, 0.717) is 0 Å². The van der Waals surface area contributed by atoms with Gasteiger partial charge in [0.25, 0.3) is 5.91 Å². The molecule has 1 fully saturated rings. The standard InChI is InChI=1S/C21H26N2OS/c24-21(16-9-3-1-4-10-16)22-20-17-11-5-6-12-18(17)25-19(20)15-23-13-7-2-8-14-23/h1,3-4,9-10H,2,5-8,11-15H2,(H,22,24). The van der Waals surface area contributed by atoms with Crippen molar-refractivity contribution in [3.8, 4) is 0 Å². The lowest BCUT2D eigenvalue weighted by atomic mass is 9.97. The van der Waals surface area contributed by atoms with Crippen LogP contribution in [0.15, 0.2) is 30.3 Å². The Hall–Kier alpha value is -1.65. The molecule has 1 aromatic heterocycles. The number of amides is 1. The van der Waals surface area contributed by atoms with Crippen LogP contribution in [0.25, 0.3) is 0 Å². The number of fused-ring (bicyclic) bond motifs is 1. The van der Waals surface area contributed by atoms with Crippen molar-refractivity contribution >= 4 is 22.9 Å². The lowest BCUT2D eigenvalue weighted by Gasteiger charge is -2.26. The quantitative estimate of drug-likeness (QED) is 0.850. The summed E-state index contributed by atoms with van der Waals surface area (Å²) in [6.45, 7) is 3.37. The van der Waals surface area contributed by atoms with Crippen molar-refractivity contribution in [1.29, 1.82) is 0 Å². The Kier molecular flexibility index (Phi) is 5.18. The van der Waals surface area contributed by atoms with E-state index < -0.39 is 0 Å². The first kappa shape index (κ1) is 16.8. The number of hydrogen-bond acceptors (Lipinski definition) is 3. The smallest absolute Gasteiger partial charge is 0.255 e. The number of thiophene rings is 1.